The zero-order valence-electron chi connectivity index (χ0n) is 8.23. The summed E-state index contributed by atoms with van der Waals surface area (Å²) in [5.41, 5.74) is 2.76. The summed E-state index contributed by atoms with van der Waals surface area (Å²) in [7, 11) is 0. The van der Waals surface area contributed by atoms with Crippen molar-refractivity contribution >= 4 is 11.1 Å². The van der Waals surface area contributed by atoms with Gasteiger partial charge in [0.2, 0.25) is 0 Å². The highest BCUT2D eigenvalue weighted by atomic mass is 16.3. The smallest absolute Gasteiger partial charge is 0.181 e. The molecule has 1 aromatic carbocycles. The number of rotatable bonds is 2. The van der Waals surface area contributed by atoms with Gasteiger partial charge in [-0.2, -0.15) is 5.26 Å². The van der Waals surface area contributed by atoms with Crippen LogP contribution in [0, 0.1) is 16.7 Å². The predicted molar refractivity (Wildman–Crippen MR) is 55.0 cm³/mol. The molecule has 3 rings (SSSR count). The minimum absolute atomic E-state index is 0.0896. The molecule has 0 spiro atoms. The molecule has 2 aromatic rings. The molecule has 74 valence electrons. The Morgan fingerprint density at radius 3 is 3.07 bits per heavy atom. The number of nitrogens with zero attached hydrogens (tertiary/aromatic N) is 2. The van der Waals surface area contributed by atoms with Gasteiger partial charge in [-0.25, -0.2) is 4.98 Å². The molecule has 3 nitrogen and oxygen atoms in total. The summed E-state index contributed by atoms with van der Waals surface area (Å²) in [4.78, 5) is 4.06. The van der Waals surface area contributed by atoms with Crippen LogP contribution in [0.5, 0.6) is 0 Å². The molecule has 1 aliphatic carbocycles. The molecule has 0 aliphatic heterocycles. The molecule has 0 radical (unpaired) electrons. The van der Waals surface area contributed by atoms with Crippen molar-refractivity contribution in [2.75, 3.05) is 0 Å². The van der Waals surface area contributed by atoms with E-state index in [0.29, 0.717) is 0 Å². The third-order valence-electron chi connectivity index (χ3n) is 3.03. The number of hydrogen-bond donors (Lipinski definition) is 0. The number of oxazole rings is 1. The van der Waals surface area contributed by atoms with Gasteiger partial charge in [-0.05, 0) is 37.0 Å². The fourth-order valence-corrected chi connectivity index (χ4v) is 1.88. The predicted octanol–water partition coefficient (Wildman–Crippen LogP) is 2.67. The molecule has 1 aromatic heterocycles. The lowest BCUT2D eigenvalue weighted by atomic mass is 9.98. The summed E-state index contributed by atoms with van der Waals surface area (Å²) >= 11 is 0. The number of benzene rings is 1. The van der Waals surface area contributed by atoms with Crippen LogP contribution in [-0.2, 0) is 6.42 Å². The lowest BCUT2D eigenvalue weighted by molar-refractivity contribution is 0.600. The van der Waals surface area contributed by atoms with E-state index in [0.717, 1.165) is 30.4 Å². The topological polar surface area (TPSA) is 49.8 Å². The summed E-state index contributed by atoms with van der Waals surface area (Å²) in [6.07, 6.45) is 4.33. The first kappa shape index (κ1) is 8.49. The van der Waals surface area contributed by atoms with Gasteiger partial charge in [0.05, 0.1) is 11.5 Å². The second kappa shape index (κ2) is 2.83. The molecule has 1 saturated carbocycles. The van der Waals surface area contributed by atoms with E-state index in [9.17, 15) is 0 Å². The lowest BCUT2D eigenvalue weighted by Gasteiger charge is -2.04. The first-order valence-electron chi connectivity index (χ1n) is 5.05. The Kier molecular flexibility index (Phi) is 1.60. The number of fused-ring (bicyclic) bond motifs is 1. The van der Waals surface area contributed by atoms with Crippen LogP contribution in [0.1, 0.15) is 18.4 Å². The van der Waals surface area contributed by atoms with E-state index in [1.807, 2.05) is 18.2 Å². The Labute approximate surface area is 87.3 Å². The van der Waals surface area contributed by atoms with Crippen molar-refractivity contribution in [2.24, 2.45) is 5.41 Å². The quantitative estimate of drug-likeness (QED) is 0.745. The second-order valence-electron chi connectivity index (χ2n) is 4.22. The van der Waals surface area contributed by atoms with Gasteiger partial charge in [-0.1, -0.05) is 6.07 Å². The molecule has 1 aliphatic rings. The molecule has 0 N–H and O–H groups in total. The normalized spacial score (nSPS) is 17.5. The SMILES string of the molecule is N#CC1(Cc2ccc3ncoc3c2)CC1. The summed E-state index contributed by atoms with van der Waals surface area (Å²) in [6.45, 7) is 0. The van der Waals surface area contributed by atoms with Gasteiger partial charge < -0.3 is 4.42 Å². The largest absolute Gasteiger partial charge is 0.443 e. The summed E-state index contributed by atoms with van der Waals surface area (Å²) < 4.78 is 5.23. The molecule has 0 amide bonds. The van der Waals surface area contributed by atoms with Crippen molar-refractivity contribution in [3.63, 3.8) is 0 Å². The average Bonchev–Trinajstić information content (AvgIpc) is 2.88. The summed E-state index contributed by atoms with van der Waals surface area (Å²) in [5.74, 6) is 0. The van der Waals surface area contributed by atoms with Crippen LogP contribution in [-0.4, -0.2) is 4.98 Å². The van der Waals surface area contributed by atoms with E-state index >= 15 is 0 Å². The first-order chi connectivity index (χ1) is 7.31. The Hall–Kier alpha value is -1.82. The van der Waals surface area contributed by atoms with E-state index in [-0.39, 0.29) is 5.41 Å². The van der Waals surface area contributed by atoms with Crippen LogP contribution in [0.2, 0.25) is 0 Å². The maximum Gasteiger partial charge on any atom is 0.181 e. The monoisotopic (exact) mass is 198 g/mol. The van der Waals surface area contributed by atoms with E-state index < -0.39 is 0 Å². The Bertz CT molecular complexity index is 546. The molecule has 3 heteroatoms. The molecular formula is C12H10N2O. The van der Waals surface area contributed by atoms with Crippen LogP contribution >= 0.6 is 0 Å². The van der Waals surface area contributed by atoms with Gasteiger partial charge in [-0.3, -0.25) is 0 Å². The molecule has 15 heavy (non-hydrogen) atoms. The third kappa shape index (κ3) is 1.39. The van der Waals surface area contributed by atoms with E-state index in [1.54, 1.807) is 0 Å². The minimum Gasteiger partial charge on any atom is -0.443 e. The molecule has 1 fully saturated rings. The van der Waals surface area contributed by atoms with Gasteiger partial charge in [-0.15, -0.1) is 0 Å². The zero-order valence-corrected chi connectivity index (χ0v) is 8.23. The third-order valence-corrected chi connectivity index (χ3v) is 3.03. The zero-order chi connectivity index (χ0) is 10.3. The van der Waals surface area contributed by atoms with Crippen molar-refractivity contribution in [3.05, 3.63) is 30.2 Å². The van der Waals surface area contributed by atoms with Gasteiger partial charge in [0.1, 0.15) is 5.52 Å². The van der Waals surface area contributed by atoms with Gasteiger partial charge in [0.15, 0.2) is 12.0 Å². The van der Waals surface area contributed by atoms with Crippen LogP contribution in [0.3, 0.4) is 0 Å². The van der Waals surface area contributed by atoms with Gasteiger partial charge in [0.25, 0.3) is 0 Å². The average molecular weight is 198 g/mol. The van der Waals surface area contributed by atoms with Crippen molar-refractivity contribution in [1.29, 1.82) is 5.26 Å². The van der Waals surface area contributed by atoms with Crippen LogP contribution < -0.4 is 0 Å². The summed E-state index contributed by atoms with van der Waals surface area (Å²) in [6, 6.07) is 8.36. The Morgan fingerprint density at radius 2 is 2.33 bits per heavy atom. The number of hydrogen-bond acceptors (Lipinski definition) is 3. The maximum absolute atomic E-state index is 9.01. The second-order valence-corrected chi connectivity index (χ2v) is 4.22. The Balaban J connectivity index is 1.95. The summed E-state index contributed by atoms with van der Waals surface area (Å²) in [5, 5.41) is 9.01. The number of aromatic nitrogens is 1. The fourth-order valence-electron chi connectivity index (χ4n) is 1.88. The van der Waals surface area contributed by atoms with Crippen molar-refractivity contribution < 1.29 is 4.42 Å². The molecule has 0 unspecified atom stereocenters. The number of nitriles is 1. The fraction of sp³-hybridized carbons (Fsp3) is 0.333. The van der Waals surface area contributed by atoms with Crippen LogP contribution in [0.25, 0.3) is 11.1 Å². The molecule has 0 bridgehead atoms. The van der Waals surface area contributed by atoms with Crippen molar-refractivity contribution in [2.45, 2.75) is 19.3 Å². The molecule has 0 atom stereocenters. The minimum atomic E-state index is -0.0896. The first-order valence-corrected chi connectivity index (χ1v) is 5.05. The highest BCUT2D eigenvalue weighted by molar-refractivity contribution is 5.72. The highest BCUT2D eigenvalue weighted by Gasteiger charge is 2.42. The highest BCUT2D eigenvalue weighted by Crippen LogP contribution is 2.47. The standard InChI is InChI=1S/C12H10N2O/c13-7-12(3-4-12)6-9-1-2-10-11(5-9)15-8-14-10/h1-2,5,8H,3-4,6H2. The van der Waals surface area contributed by atoms with Gasteiger partial charge >= 0.3 is 0 Å². The maximum atomic E-state index is 9.01. The van der Waals surface area contributed by atoms with Crippen LogP contribution in [0.15, 0.2) is 29.0 Å². The van der Waals surface area contributed by atoms with Crippen LogP contribution in [0.4, 0.5) is 0 Å². The van der Waals surface area contributed by atoms with Gasteiger partial charge in [0, 0.05) is 0 Å². The lowest BCUT2D eigenvalue weighted by Crippen LogP contribution is -2.00. The van der Waals surface area contributed by atoms with E-state index in [2.05, 4.69) is 11.1 Å². The Morgan fingerprint density at radius 1 is 1.47 bits per heavy atom. The van der Waals surface area contributed by atoms with Crippen molar-refractivity contribution in [1.82, 2.24) is 4.98 Å². The van der Waals surface area contributed by atoms with E-state index in [4.69, 9.17) is 9.68 Å². The molecule has 1 heterocycles. The molecular weight excluding hydrogens is 188 g/mol. The van der Waals surface area contributed by atoms with Crippen molar-refractivity contribution in [3.8, 4) is 6.07 Å². The van der Waals surface area contributed by atoms with E-state index in [1.165, 1.54) is 12.0 Å². The molecule has 0 saturated heterocycles.